The van der Waals surface area contributed by atoms with Crippen LogP contribution in [-0.2, 0) is 6.18 Å². The van der Waals surface area contributed by atoms with Crippen LogP contribution in [0.25, 0.3) is 17.1 Å². The van der Waals surface area contributed by atoms with Gasteiger partial charge < -0.3 is 16.0 Å². The van der Waals surface area contributed by atoms with E-state index in [1.165, 1.54) is 12.1 Å². The Kier molecular flexibility index (Phi) is 5.95. The van der Waals surface area contributed by atoms with E-state index in [0.29, 0.717) is 18.1 Å². The van der Waals surface area contributed by atoms with E-state index in [4.69, 9.17) is 0 Å². The molecule has 3 aromatic rings. The van der Waals surface area contributed by atoms with Gasteiger partial charge in [0, 0.05) is 35.0 Å². The number of halogens is 3. The quantitative estimate of drug-likeness (QED) is 0.485. The zero-order chi connectivity index (χ0) is 23.7. The molecule has 0 amide bonds. The number of hydrogen-bond donors (Lipinski definition) is 3. The van der Waals surface area contributed by atoms with Gasteiger partial charge in [0.2, 0.25) is 0 Å². The minimum atomic E-state index is -4.52. The predicted octanol–water partition coefficient (Wildman–Crippen LogP) is 5.29. The molecular weight excluding hydrogens is 441 g/mol. The lowest BCUT2D eigenvalue weighted by Gasteiger charge is -2.27. The highest BCUT2D eigenvalue weighted by Gasteiger charge is 2.34. The first-order valence-electron chi connectivity index (χ1n) is 11.3. The van der Waals surface area contributed by atoms with Gasteiger partial charge in [0.15, 0.2) is 11.6 Å². The predicted molar refractivity (Wildman–Crippen MR) is 126 cm³/mol. The summed E-state index contributed by atoms with van der Waals surface area (Å²) in [5.41, 5.74) is 3.76. The summed E-state index contributed by atoms with van der Waals surface area (Å²) in [4.78, 5) is 4.63. The number of rotatable bonds is 4. The summed E-state index contributed by atoms with van der Waals surface area (Å²) >= 11 is 0. The number of alkyl halides is 3. The molecule has 176 valence electrons. The maximum Gasteiger partial charge on any atom is 0.417 e. The van der Waals surface area contributed by atoms with Crippen LogP contribution in [0.15, 0.2) is 54.1 Å². The van der Waals surface area contributed by atoms with Crippen LogP contribution >= 0.6 is 0 Å². The molecule has 0 radical (unpaired) electrons. The largest absolute Gasteiger partial charge is 0.417 e. The summed E-state index contributed by atoms with van der Waals surface area (Å²) < 4.78 is 41.0. The third-order valence-electron chi connectivity index (χ3n) is 6.32. The highest BCUT2D eigenvalue weighted by atomic mass is 19.4. The molecule has 9 heteroatoms. The molecule has 0 saturated carbocycles. The number of benzene rings is 2. The standard InChI is InChI=1S/C25H25F3N6/c1-15-14-30-20-9-5-3-7-18(20)21(15)31-24-22(16-10-12-29-13-11-16)33-34-23(32-24)17-6-2-4-8-19(17)25(26,27)28/h2-9,16,29-30H,10-14H2,1H3,(H,31,32,34). The Balaban J connectivity index is 1.62. The van der Waals surface area contributed by atoms with Crippen molar-refractivity contribution in [1.82, 2.24) is 20.5 Å². The van der Waals surface area contributed by atoms with Crippen LogP contribution in [0.2, 0.25) is 0 Å². The van der Waals surface area contributed by atoms with Gasteiger partial charge in [-0.05, 0) is 50.6 Å². The molecule has 1 saturated heterocycles. The van der Waals surface area contributed by atoms with Crippen molar-refractivity contribution in [2.45, 2.75) is 31.9 Å². The summed E-state index contributed by atoms with van der Waals surface area (Å²) in [6.45, 7) is 4.37. The van der Waals surface area contributed by atoms with Crippen molar-refractivity contribution in [2.24, 2.45) is 0 Å². The summed E-state index contributed by atoms with van der Waals surface area (Å²) in [6, 6.07) is 13.3. The number of para-hydroxylation sites is 1. The SMILES string of the molecule is CC1=C(Nc2nc(-c3ccccc3C(F)(F)F)nnc2C2CCNCC2)c2ccccc2NC1. The molecule has 0 bridgehead atoms. The van der Waals surface area contributed by atoms with Crippen LogP contribution in [0.1, 0.15) is 42.5 Å². The topological polar surface area (TPSA) is 74.8 Å². The van der Waals surface area contributed by atoms with Crippen LogP contribution in [0.3, 0.4) is 0 Å². The molecule has 0 aliphatic carbocycles. The summed E-state index contributed by atoms with van der Waals surface area (Å²) in [5, 5.41) is 18.8. The summed E-state index contributed by atoms with van der Waals surface area (Å²) in [7, 11) is 0. The lowest BCUT2D eigenvalue weighted by Crippen LogP contribution is -2.28. The van der Waals surface area contributed by atoms with Gasteiger partial charge in [0.05, 0.1) is 5.56 Å². The van der Waals surface area contributed by atoms with E-state index in [2.05, 4.69) is 31.1 Å². The fraction of sp³-hybridized carbons (Fsp3) is 0.320. The second kappa shape index (κ2) is 9.06. The van der Waals surface area contributed by atoms with E-state index in [1.807, 2.05) is 31.2 Å². The second-order valence-corrected chi connectivity index (χ2v) is 8.62. The zero-order valence-electron chi connectivity index (χ0n) is 18.7. The first-order chi connectivity index (χ1) is 16.4. The lowest BCUT2D eigenvalue weighted by atomic mass is 9.94. The smallest absolute Gasteiger partial charge is 0.381 e. The van der Waals surface area contributed by atoms with Crippen LogP contribution in [0.4, 0.5) is 24.7 Å². The van der Waals surface area contributed by atoms with Crippen molar-refractivity contribution < 1.29 is 13.2 Å². The van der Waals surface area contributed by atoms with Crippen molar-refractivity contribution in [3.8, 4) is 11.4 Å². The van der Waals surface area contributed by atoms with E-state index in [1.54, 1.807) is 6.07 Å². The Morgan fingerprint density at radius 1 is 0.941 bits per heavy atom. The van der Waals surface area contributed by atoms with Crippen molar-refractivity contribution in [1.29, 1.82) is 0 Å². The number of fused-ring (bicyclic) bond motifs is 1. The number of anilines is 2. The van der Waals surface area contributed by atoms with E-state index >= 15 is 0 Å². The van der Waals surface area contributed by atoms with Crippen LogP contribution in [0.5, 0.6) is 0 Å². The fourth-order valence-corrected chi connectivity index (χ4v) is 4.53. The lowest BCUT2D eigenvalue weighted by molar-refractivity contribution is -0.137. The molecule has 3 heterocycles. The van der Waals surface area contributed by atoms with Crippen molar-refractivity contribution in [2.75, 3.05) is 30.3 Å². The molecule has 0 spiro atoms. The van der Waals surface area contributed by atoms with Gasteiger partial charge in [-0.3, -0.25) is 0 Å². The van der Waals surface area contributed by atoms with Gasteiger partial charge in [0.25, 0.3) is 0 Å². The Morgan fingerprint density at radius 2 is 1.65 bits per heavy atom. The van der Waals surface area contributed by atoms with Gasteiger partial charge in [0.1, 0.15) is 5.69 Å². The highest BCUT2D eigenvalue weighted by molar-refractivity contribution is 5.87. The number of aromatic nitrogens is 3. The van der Waals surface area contributed by atoms with Crippen molar-refractivity contribution >= 4 is 17.2 Å². The molecular formula is C25H25F3N6. The molecule has 2 aromatic carbocycles. The summed E-state index contributed by atoms with van der Waals surface area (Å²) in [6.07, 6.45) is -2.80. The van der Waals surface area contributed by atoms with Crippen molar-refractivity contribution in [3.05, 3.63) is 70.9 Å². The van der Waals surface area contributed by atoms with E-state index in [-0.39, 0.29) is 17.3 Å². The number of hydrogen-bond acceptors (Lipinski definition) is 6. The summed E-state index contributed by atoms with van der Waals surface area (Å²) in [5.74, 6) is 0.530. The van der Waals surface area contributed by atoms with E-state index in [9.17, 15) is 13.2 Å². The third kappa shape index (κ3) is 4.35. The van der Waals surface area contributed by atoms with Gasteiger partial charge in [-0.25, -0.2) is 4.98 Å². The molecule has 2 aliphatic rings. The molecule has 1 aromatic heterocycles. The van der Waals surface area contributed by atoms with Gasteiger partial charge in [-0.15, -0.1) is 10.2 Å². The normalized spacial score (nSPS) is 16.7. The Labute approximate surface area is 195 Å². The maximum atomic E-state index is 13.7. The fourth-order valence-electron chi connectivity index (χ4n) is 4.53. The second-order valence-electron chi connectivity index (χ2n) is 8.62. The Bertz CT molecular complexity index is 1230. The average Bonchev–Trinajstić information content (AvgIpc) is 2.86. The molecule has 1 fully saturated rings. The molecule has 3 N–H and O–H groups in total. The maximum absolute atomic E-state index is 13.7. The first kappa shape index (κ1) is 22.3. The minimum absolute atomic E-state index is 0.0476. The van der Waals surface area contributed by atoms with Gasteiger partial charge in [-0.2, -0.15) is 13.2 Å². The molecule has 2 aliphatic heterocycles. The van der Waals surface area contributed by atoms with Crippen LogP contribution in [-0.4, -0.2) is 34.8 Å². The first-order valence-corrected chi connectivity index (χ1v) is 11.3. The average molecular weight is 467 g/mol. The molecule has 34 heavy (non-hydrogen) atoms. The molecule has 5 rings (SSSR count). The molecule has 0 unspecified atom stereocenters. The Morgan fingerprint density at radius 3 is 2.41 bits per heavy atom. The minimum Gasteiger partial charge on any atom is -0.381 e. The van der Waals surface area contributed by atoms with Crippen LogP contribution in [0, 0.1) is 0 Å². The van der Waals surface area contributed by atoms with Gasteiger partial charge >= 0.3 is 6.18 Å². The molecule has 6 nitrogen and oxygen atoms in total. The van der Waals surface area contributed by atoms with E-state index < -0.39 is 11.7 Å². The van der Waals surface area contributed by atoms with Crippen molar-refractivity contribution in [3.63, 3.8) is 0 Å². The van der Waals surface area contributed by atoms with Gasteiger partial charge in [-0.1, -0.05) is 36.4 Å². The molecule has 0 atom stereocenters. The monoisotopic (exact) mass is 466 g/mol. The third-order valence-corrected chi connectivity index (χ3v) is 6.32. The number of nitrogens with zero attached hydrogens (tertiary/aromatic N) is 3. The van der Waals surface area contributed by atoms with Crippen LogP contribution < -0.4 is 16.0 Å². The highest BCUT2D eigenvalue weighted by Crippen LogP contribution is 2.38. The van der Waals surface area contributed by atoms with E-state index in [0.717, 1.165) is 54.5 Å². The number of piperidine rings is 1. The zero-order valence-corrected chi connectivity index (χ0v) is 18.7. The number of nitrogens with one attached hydrogen (secondary N) is 3. The Hall–Kier alpha value is -3.46.